The van der Waals surface area contributed by atoms with Crippen LogP contribution in [0.3, 0.4) is 0 Å². The summed E-state index contributed by atoms with van der Waals surface area (Å²) in [7, 11) is -1.32. The molecule has 2 aliphatic rings. The van der Waals surface area contributed by atoms with Gasteiger partial charge < -0.3 is 5.73 Å². The topological polar surface area (TPSA) is 97.5 Å². The number of benzene rings is 1. The van der Waals surface area contributed by atoms with E-state index in [9.17, 15) is 18.6 Å². The van der Waals surface area contributed by atoms with Crippen LogP contribution in [-0.4, -0.2) is 45.2 Å². The Kier molecular flexibility index (Phi) is 7.47. The Bertz CT molecular complexity index is 1010. The zero-order valence-electron chi connectivity index (χ0n) is 18.9. The van der Waals surface area contributed by atoms with Crippen LogP contribution in [0.15, 0.2) is 23.9 Å². The average molecular weight is 455 g/mol. The van der Waals surface area contributed by atoms with Gasteiger partial charge in [-0.3, -0.25) is 14.4 Å². The lowest BCUT2D eigenvalue weighted by molar-refractivity contribution is -0.138. The Morgan fingerprint density at radius 2 is 1.75 bits per heavy atom. The van der Waals surface area contributed by atoms with Gasteiger partial charge in [-0.15, -0.1) is 5.92 Å². The SMILES string of the molecule is CC#Cc1cc(C)c(C2C(=O)CC3(CCN(S(=O)CC(N)=CC=O)CC3)CC2=O)c(C)c1. The van der Waals surface area contributed by atoms with E-state index in [2.05, 4.69) is 11.8 Å². The summed E-state index contributed by atoms with van der Waals surface area (Å²) in [6.45, 7) is 6.73. The molecule has 2 N–H and O–H groups in total. The molecule has 1 aromatic carbocycles. The molecule has 6 nitrogen and oxygen atoms in total. The van der Waals surface area contributed by atoms with Crippen molar-refractivity contribution in [3.05, 3.63) is 46.2 Å². The Morgan fingerprint density at radius 3 is 2.25 bits per heavy atom. The number of aryl methyl sites for hydroxylation is 2. The van der Waals surface area contributed by atoms with Crippen molar-refractivity contribution in [1.29, 1.82) is 0 Å². The van der Waals surface area contributed by atoms with Gasteiger partial charge in [-0.25, -0.2) is 8.51 Å². The van der Waals surface area contributed by atoms with Gasteiger partial charge in [-0.2, -0.15) is 0 Å². The Balaban J connectivity index is 1.72. The fourth-order valence-electron chi connectivity index (χ4n) is 5.04. The van der Waals surface area contributed by atoms with Crippen LogP contribution in [0.1, 0.15) is 60.8 Å². The molecule has 0 radical (unpaired) electrons. The smallest absolute Gasteiger partial charge is 0.148 e. The minimum Gasteiger partial charge on any atom is -0.401 e. The van der Waals surface area contributed by atoms with Crippen molar-refractivity contribution in [1.82, 2.24) is 4.31 Å². The summed E-state index contributed by atoms with van der Waals surface area (Å²) in [5.74, 6) is 5.30. The van der Waals surface area contributed by atoms with Gasteiger partial charge in [0.1, 0.15) is 34.8 Å². The quantitative estimate of drug-likeness (QED) is 0.319. The second-order valence-corrected chi connectivity index (χ2v) is 10.3. The molecule has 7 heteroatoms. The van der Waals surface area contributed by atoms with Crippen molar-refractivity contribution >= 4 is 28.8 Å². The highest BCUT2D eigenvalue weighted by atomic mass is 32.2. The lowest BCUT2D eigenvalue weighted by Crippen LogP contribution is -2.47. The molecule has 1 spiro atoms. The van der Waals surface area contributed by atoms with Gasteiger partial charge in [0.05, 0.1) is 5.75 Å². The van der Waals surface area contributed by atoms with Crippen molar-refractivity contribution in [3.63, 3.8) is 0 Å². The van der Waals surface area contributed by atoms with Crippen LogP contribution in [0.2, 0.25) is 0 Å². The number of allylic oxidation sites excluding steroid dienone is 1. The summed E-state index contributed by atoms with van der Waals surface area (Å²) in [5.41, 5.74) is 9.20. The van der Waals surface area contributed by atoms with E-state index in [0.717, 1.165) is 22.3 Å². The van der Waals surface area contributed by atoms with Crippen LogP contribution in [0.4, 0.5) is 0 Å². The standard InChI is InChI=1S/C25H30N2O4S/c1-4-5-19-12-17(2)23(18(3)13-19)24-21(29)14-25(15-22(24)30)7-9-27(10-8-25)32(31)16-20(26)6-11-28/h6,11-13,24H,7-10,14-16,26H2,1-3H3. The summed E-state index contributed by atoms with van der Waals surface area (Å²) < 4.78 is 14.3. The number of hydrogen-bond acceptors (Lipinski definition) is 5. The highest BCUT2D eigenvalue weighted by molar-refractivity contribution is 7.82. The summed E-state index contributed by atoms with van der Waals surface area (Å²) in [6, 6.07) is 3.89. The molecule has 3 rings (SSSR count). The molecule has 0 amide bonds. The molecule has 1 aliphatic carbocycles. The third kappa shape index (κ3) is 5.08. The van der Waals surface area contributed by atoms with E-state index >= 15 is 0 Å². The van der Waals surface area contributed by atoms with E-state index in [1.54, 1.807) is 6.92 Å². The van der Waals surface area contributed by atoms with E-state index in [4.69, 9.17) is 5.73 Å². The highest BCUT2D eigenvalue weighted by Gasteiger charge is 2.47. The predicted molar refractivity (Wildman–Crippen MR) is 125 cm³/mol. The van der Waals surface area contributed by atoms with Crippen LogP contribution >= 0.6 is 0 Å². The van der Waals surface area contributed by atoms with Gasteiger partial charge >= 0.3 is 0 Å². The number of nitrogens with zero attached hydrogens (tertiary/aromatic N) is 1. The molecule has 1 saturated carbocycles. The lowest BCUT2D eigenvalue weighted by atomic mass is 9.63. The number of carbonyl (C=O) groups is 3. The maximum Gasteiger partial charge on any atom is 0.148 e. The van der Waals surface area contributed by atoms with Crippen molar-refractivity contribution in [2.75, 3.05) is 18.8 Å². The molecule has 1 aliphatic heterocycles. The molecule has 1 unspecified atom stereocenters. The van der Waals surface area contributed by atoms with Gasteiger partial charge in [0.15, 0.2) is 0 Å². The lowest BCUT2D eigenvalue weighted by Gasteiger charge is -2.44. The maximum atomic E-state index is 13.2. The minimum atomic E-state index is -1.32. The first-order chi connectivity index (χ1) is 15.2. The minimum absolute atomic E-state index is 0.0190. The van der Waals surface area contributed by atoms with Crippen molar-refractivity contribution < 1.29 is 18.6 Å². The van der Waals surface area contributed by atoms with Gasteiger partial charge in [0, 0.05) is 37.2 Å². The first-order valence-corrected chi connectivity index (χ1v) is 12.1. The predicted octanol–water partition coefficient (Wildman–Crippen LogP) is 2.48. The molecule has 1 aromatic rings. The number of nitrogens with two attached hydrogens (primary N) is 1. The molecule has 1 atom stereocenters. The Hall–Kier alpha value is -2.56. The van der Waals surface area contributed by atoms with E-state index < -0.39 is 16.9 Å². The zero-order valence-corrected chi connectivity index (χ0v) is 19.7. The number of piperidine rings is 1. The molecular weight excluding hydrogens is 424 g/mol. The number of hydrogen-bond donors (Lipinski definition) is 1. The number of Topliss-reactive ketones (excluding diaryl/α,β-unsaturated/α-hetero) is 2. The molecule has 1 heterocycles. The van der Waals surface area contributed by atoms with Crippen molar-refractivity contribution in [2.45, 2.75) is 52.4 Å². The number of aldehydes is 1. The average Bonchev–Trinajstić information content (AvgIpc) is 2.70. The Labute approximate surface area is 192 Å². The number of ketones is 2. The first-order valence-electron chi connectivity index (χ1n) is 10.8. The largest absolute Gasteiger partial charge is 0.401 e. The molecule has 1 saturated heterocycles. The maximum absolute atomic E-state index is 13.2. The van der Waals surface area contributed by atoms with Crippen LogP contribution in [0.25, 0.3) is 0 Å². The van der Waals surface area contributed by atoms with E-state index in [1.165, 1.54) is 6.08 Å². The molecule has 0 bridgehead atoms. The van der Waals surface area contributed by atoms with E-state index in [0.29, 0.717) is 45.1 Å². The Morgan fingerprint density at radius 1 is 1.19 bits per heavy atom. The van der Waals surface area contributed by atoms with Gasteiger partial charge in [-0.1, -0.05) is 5.92 Å². The van der Waals surface area contributed by atoms with E-state index in [-0.39, 0.29) is 28.4 Å². The second-order valence-electron chi connectivity index (χ2n) is 8.89. The van der Waals surface area contributed by atoms with Gasteiger partial charge in [0.25, 0.3) is 0 Å². The molecule has 0 aromatic heterocycles. The second kappa shape index (κ2) is 9.93. The van der Waals surface area contributed by atoms with Gasteiger partial charge in [0.2, 0.25) is 0 Å². The number of carbonyl (C=O) groups excluding carboxylic acids is 3. The summed E-state index contributed by atoms with van der Waals surface area (Å²) >= 11 is 0. The van der Waals surface area contributed by atoms with Crippen molar-refractivity contribution in [3.8, 4) is 11.8 Å². The molecular formula is C25H30N2O4S. The number of rotatable bonds is 5. The zero-order chi connectivity index (χ0) is 23.5. The third-order valence-electron chi connectivity index (χ3n) is 6.54. The molecule has 170 valence electrons. The van der Waals surface area contributed by atoms with Crippen LogP contribution in [-0.2, 0) is 25.4 Å². The fraction of sp³-hybridized carbons (Fsp3) is 0.480. The van der Waals surface area contributed by atoms with Crippen molar-refractivity contribution in [2.24, 2.45) is 11.1 Å². The normalized spacial score (nSPS) is 20.7. The fourth-order valence-corrected chi connectivity index (χ4v) is 6.19. The molecule has 2 fully saturated rings. The summed E-state index contributed by atoms with van der Waals surface area (Å²) in [4.78, 5) is 37.0. The summed E-state index contributed by atoms with van der Waals surface area (Å²) in [6.07, 6.45) is 3.82. The third-order valence-corrected chi connectivity index (χ3v) is 8.06. The van der Waals surface area contributed by atoms with Crippen LogP contribution in [0, 0.1) is 31.1 Å². The summed E-state index contributed by atoms with van der Waals surface area (Å²) in [5, 5.41) is 0. The van der Waals surface area contributed by atoms with Crippen LogP contribution in [0.5, 0.6) is 0 Å². The first kappa shape index (κ1) is 24.1. The molecule has 32 heavy (non-hydrogen) atoms. The monoisotopic (exact) mass is 454 g/mol. The van der Waals surface area contributed by atoms with Gasteiger partial charge in [-0.05, 0) is 73.9 Å². The highest BCUT2D eigenvalue weighted by Crippen LogP contribution is 2.46. The van der Waals surface area contributed by atoms with Crippen LogP contribution < -0.4 is 5.73 Å². The van der Waals surface area contributed by atoms with E-state index in [1.807, 2.05) is 30.3 Å².